The number of benzene rings is 1. The smallest absolute Gasteiger partial charge is 0.329 e. The van der Waals surface area contributed by atoms with Crippen molar-refractivity contribution in [3.63, 3.8) is 0 Å². The van der Waals surface area contributed by atoms with E-state index in [0.717, 1.165) is 12.0 Å². The maximum absolute atomic E-state index is 12.0. The zero-order chi connectivity index (χ0) is 13.9. The maximum atomic E-state index is 12.0. The number of carbonyl (C=O) groups is 2. The summed E-state index contributed by atoms with van der Waals surface area (Å²) in [5, 5.41) is 11.9. The summed E-state index contributed by atoms with van der Waals surface area (Å²) in [6, 6.07) is 9.77. The van der Waals surface area contributed by atoms with E-state index < -0.39 is 11.5 Å². The number of carbonyl (C=O) groups excluding carboxylic acids is 1. The van der Waals surface area contributed by atoms with Crippen molar-refractivity contribution in [3.05, 3.63) is 35.9 Å². The molecule has 102 valence electrons. The SMILES string of the molecule is C[C@@H](CC(=O)NC1(C(=O)O)CCC1)c1ccccc1. The predicted octanol–water partition coefficient (Wildman–Crippen LogP) is 2.30. The van der Waals surface area contributed by atoms with Gasteiger partial charge in [-0.15, -0.1) is 0 Å². The molecule has 1 fully saturated rings. The molecule has 1 aromatic carbocycles. The molecule has 1 aromatic rings. The van der Waals surface area contributed by atoms with Crippen LogP contribution in [-0.2, 0) is 9.59 Å². The summed E-state index contributed by atoms with van der Waals surface area (Å²) in [6.45, 7) is 1.98. The molecule has 0 aliphatic heterocycles. The fourth-order valence-corrected chi connectivity index (χ4v) is 2.42. The van der Waals surface area contributed by atoms with Crippen molar-refractivity contribution in [1.82, 2.24) is 5.32 Å². The van der Waals surface area contributed by atoms with Gasteiger partial charge in [-0.2, -0.15) is 0 Å². The number of amides is 1. The highest BCUT2D eigenvalue weighted by atomic mass is 16.4. The maximum Gasteiger partial charge on any atom is 0.329 e. The van der Waals surface area contributed by atoms with E-state index in [2.05, 4.69) is 5.32 Å². The lowest BCUT2D eigenvalue weighted by atomic mass is 9.76. The van der Waals surface area contributed by atoms with Crippen LogP contribution in [0.2, 0.25) is 0 Å². The van der Waals surface area contributed by atoms with Gasteiger partial charge in [0.05, 0.1) is 0 Å². The number of hydrogen-bond donors (Lipinski definition) is 2. The Balaban J connectivity index is 1.93. The van der Waals surface area contributed by atoms with E-state index in [1.807, 2.05) is 37.3 Å². The minimum absolute atomic E-state index is 0.0899. The van der Waals surface area contributed by atoms with Crippen molar-refractivity contribution < 1.29 is 14.7 Å². The second-order valence-corrected chi connectivity index (χ2v) is 5.30. The van der Waals surface area contributed by atoms with Crippen molar-refractivity contribution in [2.45, 2.75) is 44.1 Å². The number of carboxylic acid groups (broad SMARTS) is 1. The van der Waals surface area contributed by atoms with Crippen LogP contribution in [0, 0.1) is 0 Å². The van der Waals surface area contributed by atoms with Crippen molar-refractivity contribution in [2.24, 2.45) is 0 Å². The van der Waals surface area contributed by atoms with Crippen LogP contribution in [0.5, 0.6) is 0 Å². The summed E-state index contributed by atoms with van der Waals surface area (Å²) in [7, 11) is 0. The number of carboxylic acids is 1. The van der Waals surface area contributed by atoms with Gasteiger partial charge in [0.2, 0.25) is 5.91 Å². The average molecular weight is 261 g/mol. The molecule has 1 atom stereocenters. The van der Waals surface area contributed by atoms with Crippen LogP contribution in [0.25, 0.3) is 0 Å². The molecule has 0 bridgehead atoms. The molecular formula is C15H19NO3. The second kappa shape index (κ2) is 5.43. The minimum atomic E-state index is -1.01. The Labute approximate surface area is 112 Å². The largest absolute Gasteiger partial charge is 0.480 e. The van der Waals surface area contributed by atoms with Crippen molar-refractivity contribution in [1.29, 1.82) is 0 Å². The van der Waals surface area contributed by atoms with E-state index in [1.54, 1.807) is 0 Å². The van der Waals surface area contributed by atoms with Gasteiger partial charge >= 0.3 is 5.97 Å². The quantitative estimate of drug-likeness (QED) is 0.854. The van der Waals surface area contributed by atoms with Gasteiger partial charge in [-0.1, -0.05) is 37.3 Å². The third-order valence-electron chi connectivity index (χ3n) is 3.86. The van der Waals surface area contributed by atoms with Crippen LogP contribution in [0.4, 0.5) is 0 Å². The van der Waals surface area contributed by atoms with Gasteiger partial charge in [0.25, 0.3) is 0 Å². The lowest BCUT2D eigenvalue weighted by Gasteiger charge is -2.38. The first-order valence-corrected chi connectivity index (χ1v) is 6.63. The molecule has 4 nitrogen and oxygen atoms in total. The first kappa shape index (κ1) is 13.6. The van der Waals surface area contributed by atoms with Gasteiger partial charge in [-0.25, -0.2) is 4.79 Å². The Morgan fingerprint density at radius 1 is 1.32 bits per heavy atom. The fraction of sp³-hybridized carbons (Fsp3) is 0.467. The van der Waals surface area contributed by atoms with E-state index in [1.165, 1.54) is 0 Å². The predicted molar refractivity (Wildman–Crippen MR) is 71.8 cm³/mol. The third kappa shape index (κ3) is 2.95. The molecule has 19 heavy (non-hydrogen) atoms. The molecule has 0 aromatic heterocycles. The van der Waals surface area contributed by atoms with Crippen molar-refractivity contribution in [3.8, 4) is 0 Å². The van der Waals surface area contributed by atoms with Crippen LogP contribution >= 0.6 is 0 Å². The lowest BCUT2D eigenvalue weighted by Crippen LogP contribution is -2.59. The monoisotopic (exact) mass is 261 g/mol. The molecule has 2 rings (SSSR count). The van der Waals surface area contributed by atoms with Crippen LogP contribution in [0.15, 0.2) is 30.3 Å². The zero-order valence-electron chi connectivity index (χ0n) is 11.1. The van der Waals surface area contributed by atoms with Crippen LogP contribution in [0.1, 0.15) is 44.1 Å². The minimum Gasteiger partial charge on any atom is -0.480 e. The van der Waals surface area contributed by atoms with Crippen LogP contribution in [-0.4, -0.2) is 22.5 Å². The molecule has 1 aliphatic carbocycles. The van der Waals surface area contributed by atoms with E-state index in [4.69, 9.17) is 5.11 Å². The number of rotatable bonds is 5. The number of aliphatic carboxylic acids is 1. The molecule has 0 heterocycles. The first-order chi connectivity index (χ1) is 9.03. The van der Waals surface area contributed by atoms with Gasteiger partial charge in [0, 0.05) is 6.42 Å². The Bertz CT molecular complexity index is 466. The summed E-state index contributed by atoms with van der Waals surface area (Å²) >= 11 is 0. The van der Waals surface area contributed by atoms with E-state index in [9.17, 15) is 9.59 Å². The third-order valence-corrected chi connectivity index (χ3v) is 3.86. The van der Waals surface area contributed by atoms with E-state index in [0.29, 0.717) is 19.3 Å². The molecule has 0 saturated heterocycles. The summed E-state index contributed by atoms with van der Waals surface area (Å²) in [5.74, 6) is -1.01. The fourth-order valence-electron chi connectivity index (χ4n) is 2.42. The van der Waals surface area contributed by atoms with E-state index in [-0.39, 0.29) is 11.8 Å². The van der Waals surface area contributed by atoms with Crippen LogP contribution in [0.3, 0.4) is 0 Å². The van der Waals surface area contributed by atoms with Gasteiger partial charge in [0.1, 0.15) is 5.54 Å². The highest BCUT2D eigenvalue weighted by molar-refractivity contribution is 5.88. The molecular weight excluding hydrogens is 242 g/mol. The van der Waals surface area contributed by atoms with Gasteiger partial charge < -0.3 is 10.4 Å². The molecule has 0 spiro atoms. The summed E-state index contributed by atoms with van der Waals surface area (Å²) in [4.78, 5) is 23.1. The van der Waals surface area contributed by atoms with Crippen LogP contribution < -0.4 is 5.32 Å². The van der Waals surface area contributed by atoms with Gasteiger partial charge in [-0.05, 0) is 30.7 Å². The molecule has 0 unspecified atom stereocenters. The summed E-state index contributed by atoms with van der Waals surface area (Å²) < 4.78 is 0. The highest BCUT2D eigenvalue weighted by Crippen LogP contribution is 2.32. The van der Waals surface area contributed by atoms with Crippen molar-refractivity contribution in [2.75, 3.05) is 0 Å². The molecule has 2 N–H and O–H groups in total. The number of nitrogens with one attached hydrogen (secondary N) is 1. The normalized spacial score (nSPS) is 18.2. The Morgan fingerprint density at radius 2 is 1.95 bits per heavy atom. The van der Waals surface area contributed by atoms with Crippen molar-refractivity contribution >= 4 is 11.9 Å². The standard InChI is InChI=1S/C15H19NO3/c1-11(12-6-3-2-4-7-12)10-13(17)16-15(14(18)19)8-5-9-15/h2-4,6-7,11H,5,8-10H2,1H3,(H,16,17)(H,18,19)/t11-/m0/s1. The summed E-state index contributed by atoms with van der Waals surface area (Å²) in [6.07, 6.45) is 2.25. The Kier molecular flexibility index (Phi) is 3.88. The zero-order valence-corrected chi connectivity index (χ0v) is 11.1. The molecule has 4 heteroatoms. The van der Waals surface area contributed by atoms with Gasteiger partial charge in [-0.3, -0.25) is 4.79 Å². The van der Waals surface area contributed by atoms with Gasteiger partial charge in [0.15, 0.2) is 0 Å². The Hall–Kier alpha value is -1.84. The first-order valence-electron chi connectivity index (χ1n) is 6.63. The highest BCUT2D eigenvalue weighted by Gasteiger charge is 2.45. The number of hydrogen-bond acceptors (Lipinski definition) is 2. The van der Waals surface area contributed by atoms with E-state index >= 15 is 0 Å². The summed E-state index contributed by atoms with van der Waals surface area (Å²) in [5.41, 5.74) is 0.0867. The molecule has 0 radical (unpaired) electrons. The second-order valence-electron chi connectivity index (χ2n) is 5.30. The Morgan fingerprint density at radius 3 is 2.42 bits per heavy atom. The molecule has 1 saturated carbocycles. The average Bonchev–Trinajstić information content (AvgIpc) is 2.34. The lowest BCUT2D eigenvalue weighted by molar-refractivity contribution is -0.151. The molecule has 1 amide bonds. The molecule has 1 aliphatic rings. The topological polar surface area (TPSA) is 66.4 Å².